The van der Waals surface area contributed by atoms with Crippen molar-refractivity contribution in [3.05, 3.63) is 12.7 Å². The molecule has 3 amide bonds. The summed E-state index contributed by atoms with van der Waals surface area (Å²) in [5.74, 6) is -2.05. The lowest BCUT2D eigenvalue weighted by atomic mass is 10.2. The third-order valence-corrected chi connectivity index (χ3v) is 2.50. The van der Waals surface area contributed by atoms with Gasteiger partial charge in [0.05, 0.1) is 0 Å². The second-order valence-electron chi connectivity index (χ2n) is 3.98. The Morgan fingerprint density at radius 2 is 2.00 bits per heavy atom. The van der Waals surface area contributed by atoms with Crippen LogP contribution in [0, 0.1) is 0 Å². The number of rotatable bonds is 6. The number of alkyl carbamates (subject to hydrolysis) is 1. The molecule has 0 aromatic rings. The number of hydroxylamine groups is 2. The Kier molecular flexibility index (Phi) is 5.70. The summed E-state index contributed by atoms with van der Waals surface area (Å²) in [4.78, 5) is 50.4. The van der Waals surface area contributed by atoms with Crippen molar-refractivity contribution in [3.8, 4) is 0 Å². The molecule has 1 N–H and O–H groups in total. The van der Waals surface area contributed by atoms with Gasteiger partial charge in [-0.05, 0) is 6.42 Å². The zero-order chi connectivity index (χ0) is 15.1. The molecule has 1 fully saturated rings. The molecular weight excluding hydrogens is 268 g/mol. The highest BCUT2D eigenvalue weighted by Gasteiger charge is 2.34. The van der Waals surface area contributed by atoms with Crippen molar-refractivity contribution in [1.82, 2.24) is 10.4 Å². The van der Waals surface area contributed by atoms with Crippen molar-refractivity contribution in [1.29, 1.82) is 0 Å². The molecule has 8 heteroatoms. The molecule has 0 aromatic carbocycles. The van der Waals surface area contributed by atoms with Crippen LogP contribution >= 0.6 is 0 Å². The maximum absolute atomic E-state index is 11.8. The van der Waals surface area contributed by atoms with Crippen LogP contribution in [0.1, 0.15) is 26.2 Å². The van der Waals surface area contributed by atoms with Crippen LogP contribution in [0.4, 0.5) is 4.79 Å². The summed E-state index contributed by atoms with van der Waals surface area (Å²) in [5.41, 5.74) is 0. The van der Waals surface area contributed by atoms with E-state index in [9.17, 15) is 19.2 Å². The third kappa shape index (κ3) is 4.08. The van der Waals surface area contributed by atoms with E-state index in [0.29, 0.717) is 5.06 Å². The monoisotopic (exact) mass is 284 g/mol. The molecule has 0 saturated carbocycles. The predicted octanol–water partition coefficient (Wildman–Crippen LogP) is 0.284. The zero-order valence-corrected chi connectivity index (χ0v) is 11.1. The standard InChI is InChI=1S/C12H16N2O6/c1-3-7-19-12(18)13-8(4-2)11(17)20-14-9(15)5-6-10(14)16/h3,8H,1,4-7H2,2H3,(H,13,18). The summed E-state index contributed by atoms with van der Waals surface area (Å²) in [6.45, 7) is 5.01. The van der Waals surface area contributed by atoms with Gasteiger partial charge in [0, 0.05) is 12.8 Å². The van der Waals surface area contributed by atoms with Crippen molar-refractivity contribution in [2.24, 2.45) is 0 Å². The summed E-state index contributed by atoms with van der Waals surface area (Å²) >= 11 is 0. The molecule has 110 valence electrons. The number of hydrogen-bond donors (Lipinski definition) is 1. The summed E-state index contributed by atoms with van der Waals surface area (Å²) in [6, 6.07) is -1.01. The molecule has 1 rings (SSSR count). The lowest BCUT2D eigenvalue weighted by Gasteiger charge is -2.18. The van der Waals surface area contributed by atoms with Crippen LogP contribution in [0.5, 0.6) is 0 Å². The SMILES string of the molecule is C=CCOC(=O)NC(CC)C(=O)ON1C(=O)CCC1=O. The minimum Gasteiger partial charge on any atom is -0.445 e. The zero-order valence-electron chi connectivity index (χ0n) is 11.1. The molecular formula is C12H16N2O6. The summed E-state index contributed by atoms with van der Waals surface area (Å²) in [6.07, 6.45) is 0.807. The lowest BCUT2D eigenvalue weighted by molar-refractivity contribution is -0.198. The normalized spacial score (nSPS) is 15.8. The van der Waals surface area contributed by atoms with E-state index >= 15 is 0 Å². The molecule has 1 aliphatic heterocycles. The van der Waals surface area contributed by atoms with Gasteiger partial charge in [0.25, 0.3) is 11.8 Å². The molecule has 1 saturated heterocycles. The molecule has 0 spiro atoms. The van der Waals surface area contributed by atoms with E-state index in [1.807, 2.05) is 0 Å². The Bertz CT molecular complexity index is 418. The van der Waals surface area contributed by atoms with E-state index in [2.05, 4.69) is 16.6 Å². The molecule has 20 heavy (non-hydrogen) atoms. The van der Waals surface area contributed by atoms with Gasteiger partial charge in [-0.25, -0.2) is 9.59 Å². The van der Waals surface area contributed by atoms with Gasteiger partial charge in [-0.15, -0.1) is 5.06 Å². The van der Waals surface area contributed by atoms with Crippen molar-refractivity contribution in [2.75, 3.05) is 6.61 Å². The maximum Gasteiger partial charge on any atom is 0.408 e. The smallest absolute Gasteiger partial charge is 0.408 e. The highest BCUT2D eigenvalue weighted by atomic mass is 16.7. The predicted molar refractivity (Wildman–Crippen MR) is 65.9 cm³/mol. The summed E-state index contributed by atoms with van der Waals surface area (Å²) in [7, 11) is 0. The van der Waals surface area contributed by atoms with Gasteiger partial charge < -0.3 is 14.9 Å². The summed E-state index contributed by atoms with van der Waals surface area (Å²) < 4.78 is 4.66. The molecule has 1 aliphatic rings. The van der Waals surface area contributed by atoms with Gasteiger partial charge in [0.15, 0.2) is 0 Å². The largest absolute Gasteiger partial charge is 0.445 e. The van der Waals surface area contributed by atoms with E-state index in [1.54, 1.807) is 6.92 Å². The molecule has 1 atom stereocenters. The number of carbonyl (C=O) groups excluding carboxylic acids is 4. The number of nitrogens with one attached hydrogen (secondary N) is 1. The molecule has 1 unspecified atom stereocenters. The average Bonchev–Trinajstić information content (AvgIpc) is 2.74. The molecule has 0 bridgehead atoms. The Labute approximate surface area is 115 Å². The fourth-order valence-electron chi connectivity index (χ4n) is 1.46. The van der Waals surface area contributed by atoms with Crippen LogP contribution in [0.3, 0.4) is 0 Å². The van der Waals surface area contributed by atoms with E-state index in [-0.39, 0.29) is 25.9 Å². The Morgan fingerprint density at radius 1 is 1.40 bits per heavy atom. The van der Waals surface area contributed by atoms with Crippen molar-refractivity contribution >= 4 is 23.9 Å². The first-order chi connectivity index (χ1) is 9.49. The van der Waals surface area contributed by atoms with E-state index in [0.717, 1.165) is 0 Å². The summed E-state index contributed by atoms with van der Waals surface area (Å²) in [5, 5.41) is 2.70. The maximum atomic E-state index is 11.8. The van der Waals surface area contributed by atoms with Crippen LogP contribution in [-0.2, 0) is 24.0 Å². The van der Waals surface area contributed by atoms with E-state index in [1.165, 1.54) is 6.08 Å². The number of ether oxygens (including phenoxy) is 1. The number of amides is 3. The highest BCUT2D eigenvalue weighted by molar-refractivity contribution is 6.01. The first-order valence-corrected chi connectivity index (χ1v) is 6.11. The Morgan fingerprint density at radius 3 is 2.50 bits per heavy atom. The molecule has 8 nitrogen and oxygen atoms in total. The lowest BCUT2D eigenvalue weighted by Crippen LogP contribution is -2.45. The minimum absolute atomic E-state index is 0.000409. The second kappa shape index (κ2) is 7.27. The topological polar surface area (TPSA) is 102 Å². The van der Waals surface area contributed by atoms with Gasteiger partial charge >= 0.3 is 12.1 Å². The molecule has 1 heterocycles. The molecule has 0 aliphatic carbocycles. The van der Waals surface area contributed by atoms with Crippen molar-refractivity contribution in [3.63, 3.8) is 0 Å². The third-order valence-electron chi connectivity index (χ3n) is 2.50. The van der Waals surface area contributed by atoms with Crippen LogP contribution in [0.25, 0.3) is 0 Å². The van der Waals surface area contributed by atoms with Crippen LogP contribution in [-0.4, -0.2) is 41.6 Å². The van der Waals surface area contributed by atoms with Gasteiger partial charge in [-0.3, -0.25) is 9.59 Å². The number of nitrogens with zero attached hydrogens (tertiary/aromatic N) is 1. The highest BCUT2D eigenvalue weighted by Crippen LogP contribution is 2.13. The van der Waals surface area contributed by atoms with Crippen molar-refractivity contribution < 1.29 is 28.8 Å². The second-order valence-corrected chi connectivity index (χ2v) is 3.98. The minimum atomic E-state index is -1.01. The molecule has 0 aromatic heterocycles. The van der Waals surface area contributed by atoms with Crippen LogP contribution < -0.4 is 5.32 Å². The van der Waals surface area contributed by atoms with Gasteiger partial charge in [0.2, 0.25) is 0 Å². The van der Waals surface area contributed by atoms with Gasteiger partial charge in [-0.2, -0.15) is 0 Å². The number of carbonyl (C=O) groups is 4. The quantitative estimate of drug-likeness (QED) is 0.555. The fraction of sp³-hybridized carbons (Fsp3) is 0.500. The van der Waals surface area contributed by atoms with Crippen LogP contribution in [0.2, 0.25) is 0 Å². The number of hydrogen-bond acceptors (Lipinski definition) is 6. The first-order valence-electron chi connectivity index (χ1n) is 6.11. The molecule has 0 radical (unpaired) electrons. The Balaban J connectivity index is 2.54. The fourth-order valence-corrected chi connectivity index (χ4v) is 1.46. The van der Waals surface area contributed by atoms with E-state index < -0.39 is 29.9 Å². The van der Waals surface area contributed by atoms with Crippen molar-refractivity contribution in [2.45, 2.75) is 32.2 Å². The number of imide groups is 1. The van der Waals surface area contributed by atoms with Gasteiger partial charge in [0.1, 0.15) is 12.6 Å². The van der Waals surface area contributed by atoms with Crippen LogP contribution in [0.15, 0.2) is 12.7 Å². The van der Waals surface area contributed by atoms with Gasteiger partial charge in [-0.1, -0.05) is 19.6 Å². The average molecular weight is 284 g/mol. The Hall–Kier alpha value is -2.38. The first kappa shape index (κ1) is 15.7. The van der Waals surface area contributed by atoms with E-state index in [4.69, 9.17) is 4.84 Å².